The van der Waals surface area contributed by atoms with Crippen molar-refractivity contribution in [2.75, 3.05) is 18.0 Å². The molecule has 0 bridgehead atoms. The zero-order valence-corrected chi connectivity index (χ0v) is 11.1. The van der Waals surface area contributed by atoms with E-state index in [1.807, 2.05) is 12.4 Å². The van der Waals surface area contributed by atoms with Crippen LogP contribution in [0.25, 0.3) is 0 Å². The number of anilines is 1. The predicted octanol–water partition coefficient (Wildman–Crippen LogP) is 1.96. The third kappa shape index (κ3) is 2.80. The fraction of sp³-hybridized carbons (Fsp3) is 0.714. The normalized spacial score (nSPS) is 23.6. The molecule has 1 aromatic heterocycles. The fourth-order valence-corrected chi connectivity index (χ4v) is 2.51. The van der Waals surface area contributed by atoms with E-state index < -0.39 is 0 Å². The molecule has 1 N–H and O–H groups in total. The Morgan fingerprint density at radius 2 is 2.17 bits per heavy atom. The topological polar surface area (TPSA) is 41.1 Å². The first-order chi connectivity index (χ1) is 8.85. The molecule has 0 spiro atoms. The van der Waals surface area contributed by atoms with Crippen molar-refractivity contribution < 1.29 is 0 Å². The van der Waals surface area contributed by atoms with Gasteiger partial charge in [0.2, 0.25) is 0 Å². The predicted molar refractivity (Wildman–Crippen MR) is 72.5 cm³/mol. The van der Waals surface area contributed by atoms with Gasteiger partial charge < -0.3 is 10.2 Å². The number of nitrogens with zero attached hydrogens (tertiary/aromatic N) is 3. The Kier molecular flexibility index (Phi) is 3.46. The van der Waals surface area contributed by atoms with Crippen molar-refractivity contribution in [2.45, 2.75) is 45.2 Å². The fourth-order valence-electron chi connectivity index (χ4n) is 2.51. The summed E-state index contributed by atoms with van der Waals surface area (Å²) in [5.41, 5.74) is 1.05. The van der Waals surface area contributed by atoms with Crippen LogP contribution in [-0.2, 0) is 6.54 Å². The van der Waals surface area contributed by atoms with E-state index in [0.717, 1.165) is 43.1 Å². The van der Waals surface area contributed by atoms with Crippen LogP contribution in [0.15, 0.2) is 12.4 Å². The van der Waals surface area contributed by atoms with E-state index in [1.165, 1.54) is 25.7 Å². The Labute approximate surface area is 109 Å². The zero-order valence-electron chi connectivity index (χ0n) is 11.1. The molecule has 1 unspecified atom stereocenters. The van der Waals surface area contributed by atoms with Crippen molar-refractivity contribution in [3.05, 3.63) is 18.1 Å². The maximum atomic E-state index is 4.55. The average molecular weight is 246 g/mol. The molecule has 1 aromatic rings. The quantitative estimate of drug-likeness (QED) is 0.862. The minimum Gasteiger partial charge on any atom is -0.355 e. The van der Waals surface area contributed by atoms with Gasteiger partial charge in [-0.15, -0.1) is 0 Å². The average Bonchev–Trinajstić information content (AvgIpc) is 3.12. The SMILES string of the molecule is CCC1CCN(c2cnc(CNC3CC3)cn2)C1. The van der Waals surface area contributed by atoms with E-state index in [9.17, 15) is 0 Å². The molecule has 2 aliphatic rings. The maximum Gasteiger partial charge on any atom is 0.147 e. The van der Waals surface area contributed by atoms with Crippen molar-refractivity contribution >= 4 is 5.82 Å². The first kappa shape index (κ1) is 11.9. The number of hydrogen-bond donors (Lipinski definition) is 1. The van der Waals surface area contributed by atoms with Crippen LogP contribution < -0.4 is 10.2 Å². The Balaban J connectivity index is 1.56. The summed E-state index contributed by atoms with van der Waals surface area (Å²) in [6.07, 6.45) is 9.05. The lowest BCUT2D eigenvalue weighted by atomic mass is 10.1. The lowest BCUT2D eigenvalue weighted by Gasteiger charge is -2.16. The maximum absolute atomic E-state index is 4.55. The molecule has 3 rings (SSSR count). The summed E-state index contributed by atoms with van der Waals surface area (Å²) in [5.74, 6) is 1.88. The molecule has 1 atom stereocenters. The number of nitrogens with one attached hydrogen (secondary N) is 1. The monoisotopic (exact) mass is 246 g/mol. The van der Waals surface area contributed by atoms with E-state index in [0.29, 0.717) is 0 Å². The number of rotatable bonds is 5. The van der Waals surface area contributed by atoms with Crippen LogP contribution in [0.5, 0.6) is 0 Å². The van der Waals surface area contributed by atoms with Crippen molar-refractivity contribution in [3.63, 3.8) is 0 Å². The van der Waals surface area contributed by atoms with Gasteiger partial charge in [0.1, 0.15) is 5.82 Å². The smallest absolute Gasteiger partial charge is 0.147 e. The van der Waals surface area contributed by atoms with Gasteiger partial charge in [0.05, 0.1) is 18.1 Å². The third-order valence-electron chi connectivity index (χ3n) is 4.03. The van der Waals surface area contributed by atoms with E-state index in [-0.39, 0.29) is 0 Å². The molecule has 1 saturated heterocycles. The van der Waals surface area contributed by atoms with Crippen molar-refractivity contribution in [3.8, 4) is 0 Å². The highest BCUT2D eigenvalue weighted by Crippen LogP contribution is 2.23. The summed E-state index contributed by atoms with van der Waals surface area (Å²) in [7, 11) is 0. The second-order valence-electron chi connectivity index (χ2n) is 5.53. The Morgan fingerprint density at radius 3 is 2.78 bits per heavy atom. The van der Waals surface area contributed by atoms with Gasteiger partial charge in [-0.1, -0.05) is 13.3 Å². The Bertz CT molecular complexity index is 385. The summed E-state index contributed by atoms with van der Waals surface area (Å²) in [6, 6.07) is 0.732. The molecule has 18 heavy (non-hydrogen) atoms. The van der Waals surface area contributed by atoms with Gasteiger partial charge in [-0.05, 0) is 25.2 Å². The van der Waals surface area contributed by atoms with Crippen LogP contribution in [-0.4, -0.2) is 29.1 Å². The lowest BCUT2D eigenvalue weighted by molar-refractivity contribution is 0.568. The number of aromatic nitrogens is 2. The summed E-state index contributed by atoms with van der Waals surface area (Å²) in [5, 5.41) is 3.46. The summed E-state index contributed by atoms with van der Waals surface area (Å²) in [6.45, 7) is 5.40. The first-order valence-corrected chi connectivity index (χ1v) is 7.14. The number of hydrogen-bond acceptors (Lipinski definition) is 4. The molecule has 98 valence electrons. The molecule has 0 radical (unpaired) electrons. The van der Waals surface area contributed by atoms with Gasteiger partial charge in [-0.3, -0.25) is 4.98 Å². The van der Waals surface area contributed by atoms with Gasteiger partial charge in [-0.2, -0.15) is 0 Å². The van der Waals surface area contributed by atoms with Gasteiger partial charge in [0.25, 0.3) is 0 Å². The second kappa shape index (κ2) is 5.22. The largest absolute Gasteiger partial charge is 0.355 e. The molecular weight excluding hydrogens is 224 g/mol. The zero-order chi connectivity index (χ0) is 12.4. The molecule has 1 saturated carbocycles. The summed E-state index contributed by atoms with van der Waals surface area (Å²) >= 11 is 0. The molecule has 2 heterocycles. The first-order valence-electron chi connectivity index (χ1n) is 7.14. The van der Waals surface area contributed by atoms with E-state index in [4.69, 9.17) is 0 Å². The molecule has 0 aromatic carbocycles. The van der Waals surface area contributed by atoms with Crippen LogP contribution >= 0.6 is 0 Å². The minimum atomic E-state index is 0.732. The van der Waals surface area contributed by atoms with E-state index >= 15 is 0 Å². The standard InChI is InChI=1S/C14H22N4/c1-2-11-5-6-18(10-11)14-9-16-13(8-17-14)7-15-12-3-4-12/h8-9,11-12,15H,2-7,10H2,1H3. The van der Waals surface area contributed by atoms with Crippen LogP contribution in [0.3, 0.4) is 0 Å². The van der Waals surface area contributed by atoms with Gasteiger partial charge >= 0.3 is 0 Å². The molecule has 1 aliphatic heterocycles. The van der Waals surface area contributed by atoms with Gasteiger partial charge in [-0.25, -0.2) is 4.98 Å². The van der Waals surface area contributed by atoms with Crippen molar-refractivity contribution in [1.29, 1.82) is 0 Å². The highest BCUT2D eigenvalue weighted by Gasteiger charge is 2.22. The molecular formula is C14H22N4. The van der Waals surface area contributed by atoms with E-state index in [1.54, 1.807) is 0 Å². The minimum absolute atomic E-state index is 0.732. The van der Waals surface area contributed by atoms with Crippen molar-refractivity contribution in [2.24, 2.45) is 5.92 Å². The summed E-state index contributed by atoms with van der Waals surface area (Å²) < 4.78 is 0. The van der Waals surface area contributed by atoms with Crippen LogP contribution in [0.1, 0.15) is 38.3 Å². The highest BCUT2D eigenvalue weighted by atomic mass is 15.2. The Morgan fingerprint density at radius 1 is 1.28 bits per heavy atom. The molecule has 0 amide bonds. The van der Waals surface area contributed by atoms with Crippen molar-refractivity contribution in [1.82, 2.24) is 15.3 Å². The van der Waals surface area contributed by atoms with Gasteiger partial charge in [0.15, 0.2) is 0 Å². The lowest BCUT2D eigenvalue weighted by Crippen LogP contribution is -2.21. The molecule has 2 fully saturated rings. The van der Waals surface area contributed by atoms with E-state index in [2.05, 4.69) is 27.1 Å². The highest BCUT2D eigenvalue weighted by molar-refractivity contribution is 5.37. The van der Waals surface area contributed by atoms with Crippen LogP contribution in [0.2, 0.25) is 0 Å². The molecule has 4 heteroatoms. The Hall–Kier alpha value is -1.16. The molecule has 1 aliphatic carbocycles. The van der Waals surface area contributed by atoms with Crippen LogP contribution in [0, 0.1) is 5.92 Å². The van der Waals surface area contributed by atoms with Gasteiger partial charge in [0, 0.05) is 25.7 Å². The third-order valence-corrected chi connectivity index (χ3v) is 4.03. The second-order valence-corrected chi connectivity index (χ2v) is 5.53. The molecule has 4 nitrogen and oxygen atoms in total. The van der Waals surface area contributed by atoms with Crippen LogP contribution in [0.4, 0.5) is 5.82 Å². The summed E-state index contributed by atoms with van der Waals surface area (Å²) in [4.78, 5) is 11.4.